The van der Waals surface area contributed by atoms with Gasteiger partial charge in [0.05, 0.1) is 35.5 Å². The van der Waals surface area contributed by atoms with Crippen molar-refractivity contribution >= 4 is 34.3 Å². The number of para-hydroxylation sites is 5. The van der Waals surface area contributed by atoms with Gasteiger partial charge in [0.1, 0.15) is 18.2 Å². The lowest BCUT2D eigenvalue weighted by Crippen LogP contribution is -2.39. The quantitative estimate of drug-likeness (QED) is 0.190. The van der Waals surface area contributed by atoms with Gasteiger partial charge < -0.3 is 20.0 Å². The van der Waals surface area contributed by atoms with Gasteiger partial charge in [0.2, 0.25) is 0 Å². The van der Waals surface area contributed by atoms with Crippen LogP contribution >= 0.6 is 0 Å². The van der Waals surface area contributed by atoms with Crippen molar-refractivity contribution in [3.63, 3.8) is 0 Å². The summed E-state index contributed by atoms with van der Waals surface area (Å²) in [5, 5.41) is 7.94. The molecule has 5 aromatic rings. The summed E-state index contributed by atoms with van der Waals surface area (Å²) < 4.78 is 0. The highest BCUT2D eigenvalue weighted by Crippen LogP contribution is 2.47. The van der Waals surface area contributed by atoms with Gasteiger partial charge in [-0.05, 0) is 77.9 Å². The average Bonchev–Trinajstić information content (AvgIpc) is 3.91. The molecule has 0 aromatic heterocycles. The number of rotatable bonds is 6. The summed E-state index contributed by atoms with van der Waals surface area (Å²) in [6, 6.07) is 48.5. The first-order chi connectivity index (χ1) is 25.3. The number of fused-ring (bicyclic) bond motifs is 3. The van der Waals surface area contributed by atoms with Gasteiger partial charge in [-0.1, -0.05) is 115 Å². The number of aliphatic imine (C=N–C) groups is 1. The molecular weight excluding hydrogens is 625 g/mol. The fourth-order valence-electron chi connectivity index (χ4n) is 8.40. The van der Waals surface area contributed by atoms with Gasteiger partial charge in [-0.25, -0.2) is 0 Å². The summed E-state index contributed by atoms with van der Waals surface area (Å²) in [6.45, 7) is 0. The van der Waals surface area contributed by atoms with E-state index in [2.05, 4.69) is 207 Å². The first-order valence-electron chi connectivity index (χ1n) is 17.9. The fourth-order valence-corrected chi connectivity index (χ4v) is 8.40. The predicted molar refractivity (Wildman–Crippen MR) is 210 cm³/mol. The Morgan fingerprint density at radius 3 is 1.84 bits per heavy atom. The monoisotopic (exact) mass is 662 g/mol. The first-order valence-corrected chi connectivity index (χ1v) is 17.9. The maximum absolute atomic E-state index is 5.45. The summed E-state index contributed by atoms with van der Waals surface area (Å²) in [4.78, 5) is 12.8. The van der Waals surface area contributed by atoms with Crippen LogP contribution in [0.15, 0.2) is 187 Å². The minimum absolute atomic E-state index is 0.0376. The lowest BCUT2D eigenvalue weighted by Gasteiger charge is -2.33. The maximum atomic E-state index is 5.45. The van der Waals surface area contributed by atoms with E-state index in [-0.39, 0.29) is 36.5 Å². The van der Waals surface area contributed by atoms with Crippen LogP contribution in [-0.2, 0) is 0 Å². The van der Waals surface area contributed by atoms with Crippen molar-refractivity contribution in [2.24, 2.45) is 4.99 Å². The topological polar surface area (TPSA) is 46.1 Å². The van der Waals surface area contributed by atoms with Gasteiger partial charge in [0.15, 0.2) is 0 Å². The second-order valence-electron chi connectivity index (χ2n) is 13.7. The largest absolute Gasteiger partial charge is 0.359 e. The highest BCUT2D eigenvalue weighted by Gasteiger charge is 2.42. The minimum Gasteiger partial charge on any atom is -0.359 e. The number of nitrogens with one attached hydrogen (secondary N) is 2. The second-order valence-corrected chi connectivity index (χ2v) is 13.7. The van der Waals surface area contributed by atoms with E-state index in [0.29, 0.717) is 0 Å². The van der Waals surface area contributed by atoms with Crippen LogP contribution in [0, 0.1) is 0 Å². The number of hydrogen-bond donors (Lipinski definition) is 2. The summed E-state index contributed by atoms with van der Waals surface area (Å²) in [6.07, 6.45) is 17.5. The van der Waals surface area contributed by atoms with Crippen molar-refractivity contribution in [3.05, 3.63) is 199 Å². The van der Waals surface area contributed by atoms with Crippen molar-refractivity contribution in [2.75, 3.05) is 20.0 Å². The molecular formula is C45H38N6. The Morgan fingerprint density at radius 2 is 1.10 bits per heavy atom. The SMILES string of the molecule is C1=CC2N=C(c3cc(C4Nc5ccccc5N4c4ccccc4)cc(C4NC5C=CC=CC5N4c4ccccc4)c3)N(c3ccccc3)C2C=C1. The van der Waals surface area contributed by atoms with E-state index in [1.54, 1.807) is 0 Å². The molecule has 6 nitrogen and oxygen atoms in total. The molecule has 6 atom stereocenters. The van der Waals surface area contributed by atoms with Gasteiger partial charge >= 0.3 is 0 Å². The number of hydrogen-bond acceptors (Lipinski definition) is 6. The summed E-state index contributed by atoms with van der Waals surface area (Å²) in [5.41, 5.74) is 9.23. The Labute approximate surface area is 299 Å². The van der Waals surface area contributed by atoms with Gasteiger partial charge in [-0.3, -0.25) is 10.3 Å². The molecule has 3 aliphatic heterocycles. The molecule has 51 heavy (non-hydrogen) atoms. The summed E-state index contributed by atoms with van der Waals surface area (Å²) in [5.74, 6) is 0.985. The van der Waals surface area contributed by atoms with Crippen LogP contribution in [0.25, 0.3) is 0 Å². The van der Waals surface area contributed by atoms with Crippen molar-refractivity contribution in [3.8, 4) is 0 Å². The zero-order valence-corrected chi connectivity index (χ0v) is 28.1. The number of benzene rings is 5. The lowest BCUT2D eigenvalue weighted by molar-refractivity contribution is 0.608. The molecule has 5 aliphatic rings. The Balaban J connectivity index is 1.17. The molecule has 3 heterocycles. The second kappa shape index (κ2) is 12.3. The smallest absolute Gasteiger partial charge is 0.136 e. The van der Waals surface area contributed by atoms with E-state index >= 15 is 0 Å². The molecule has 1 fully saturated rings. The van der Waals surface area contributed by atoms with Crippen molar-refractivity contribution in [1.29, 1.82) is 0 Å². The molecule has 6 unspecified atom stereocenters. The molecule has 10 rings (SSSR count). The van der Waals surface area contributed by atoms with Crippen LogP contribution in [0.1, 0.15) is 29.0 Å². The zero-order valence-electron chi connectivity index (χ0n) is 28.1. The molecule has 0 bridgehead atoms. The number of anilines is 5. The molecule has 6 heteroatoms. The van der Waals surface area contributed by atoms with Crippen molar-refractivity contribution < 1.29 is 0 Å². The molecule has 2 N–H and O–H groups in total. The molecule has 248 valence electrons. The third-order valence-electron chi connectivity index (χ3n) is 10.6. The highest BCUT2D eigenvalue weighted by molar-refractivity contribution is 6.12. The summed E-state index contributed by atoms with van der Waals surface area (Å²) in [7, 11) is 0. The Hall–Kier alpha value is -6.11. The highest BCUT2D eigenvalue weighted by atomic mass is 15.4. The van der Waals surface area contributed by atoms with Gasteiger partial charge in [0.25, 0.3) is 0 Å². The maximum Gasteiger partial charge on any atom is 0.136 e. The third-order valence-corrected chi connectivity index (χ3v) is 10.6. The lowest BCUT2D eigenvalue weighted by atomic mass is 9.98. The number of amidine groups is 1. The molecule has 5 aromatic carbocycles. The zero-order chi connectivity index (χ0) is 33.7. The molecule has 0 amide bonds. The predicted octanol–water partition coefficient (Wildman–Crippen LogP) is 9.05. The number of nitrogens with zero attached hydrogens (tertiary/aromatic N) is 4. The van der Waals surface area contributed by atoms with Gasteiger partial charge in [0, 0.05) is 22.6 Å². The first kappa shape index (κ1) is 29.8. The van der Waals surface area contributed by atoms with Crippen molar-refractivity contribution in [2.45, 2.75) is 36.5 Å². The number of allylic oxidation sites excluding steroid dienone is 4. The van der Waals surface area contributed by atoms with E-state index in [4.69, 9.17) is 4.99 Å². The van der Waals surface area contributed by atoms with Crippen LogP contribution in [0.4, 0.5) is 28.4 Å². The van der Waals surface area contributed by atoms with E-state index < -0.39 is 0 Å². The molecule has 1 saturated heterocycles. The fraction of sp³-hybridized carbons (Fsp3) is 0.133. The Morgan fingerprint density at radius 1 is 0.510 bits per heavy atom. The molecule has 0 radical (unpaired) electrons. The van der Waals surface area contributed by atoms with E-state index in [0.717, 1.165) is 34.1 Å². The van der Waals surface area contributed by atoms with Crippen LogP contribution in [0.5, 0.6) is 0 Å². The summed E-state index contributed by atoms with van der Waals surface area (Å²) >= 11 is 0. The molecule has 0 spiro atoms. The molecule has 2 aliphatic carbocycles. The van der Waals surface area contributed by atoms with E-state index in [9.17, 15) is 0 Å². The third kappa shape index (κ3) is 5.10. The normalized spacial score (nSPS) is 25.4. The Bertz CT molecular complexity index is 2220. The molecule has 0 saturated carbocycles. The minimum atomic E-state index is -0.133. The van der Waals surface area contributed by atoms with Crippen LogP contribution < -0.4 is 25.3 Å². The van der Waals surface area contributed by atoms with E-state index in [1.165, 1.54) is 16.8 Å². The van der Waals surface area contributed by atoms with Gasteiger partial charge in [-0.15, -0.1) is 0 Å². The van der Waals surface area contributed by atoms with Crippen LogP contribution in [0.3, 0.4) is 0 Å². The van der Waals surface area contributed by atoms with Crippen LogP contribution in [0.2, 0.25) is 0 Å². The van der Waals surface area contributed by atoms with E-state index in [1.807, 2.05) is 0 Å². The average molecular weight is 663 g/mol. The standard InChI is InChI=1S/C45H38N6/c1-4-16-34(17-5-1)49-40-25-13-10-22-37(40)46-43(49)31-28-32(44-47-38-23-11-14-26-41(38)50(44)35-18-6-2-7-19-35)30-33(29-31)45-48-39-24-12-15-27-42(39)51(45)36-20-8-3-9-21-36/h1-30,37-38,40-41,43,45-46,48H. The Kier molecular flexibility index (Phi) is 7.20. The van der Waals surface area contributed by atoms with Gasteiger partial charge in [-0.2, -0.15) is 0 Å². The van der Waals surface area contributed by atoms with Crippen molar-refractivity contribution in [1.82, 2.24) is 5.32 Å². The van der Waals surface area contributed by atoms with Crippen LogP contribution in [-0.4, -0.2) is 30.0 Å².